The van der Waals surface area contributed by atoms with E-state index in [1.54, 1.807) is 6.20 Å². The van der Waals surface area contributed by atoms with E-state index in [0.29, 0.717) is 5.15 Å². The molecule has 1 saturated carbocycles. The van der Waals surface area contributed by atoms with E-state index in [2.05, 4.69) is 34.2 Å². The molecule has 0 unspecified atom stereocenters. The molecule has 2 nitrogen and oxygen atoms in total. The minimum absolute atomic E-state index is 0.511. The van der Waals surface area contributed by atoms with Gasteiger partial charge in [-0.25, -0.2) is 9.97 Å². The lowest BCUT2D eigenvalue weighted by atomic mass is 9.80. The van der Waals surface area contributed by atoms with E-state index in [0.717, 1.165) is 17.0 Å². The van der Waals surface area contributed by atoms with Gasteiger partial charge in [0.25, 0.3) is 0 Å². The Morgan fingerprint density at radius 2 is 1.88 bits per heavy atom. The van der Waals surface area contributed by atoms with Crippen molar-refractivity contribution in [3.8, 4) is 11.1 Å². The van der Waals surface area contributed by atoms with Crippen LogP contribution in [0.2, 0.25) is 5.15 Å². The van der Waals surface area contributed by atoms with E-state index in [4.69, 9.17) is 11.6 Å². The van der Waals surface area contributed by atoms with Gasteiger partial charge in [-0.1, -0.05) is 42.3 Å². The summed E-state index contributed by atoms with van der Waals surface area (Å²) < 4.78 is 0. The summed E-state index contributed by atoms with van der Waals surface area (Å²) in [5.41, 5.74) is 3.42. The summed E-state index contributed by atoms with van der Waals surface area (Å²) in [6.07, 6.45) is 7.25. The number of hydrogen-bond donors (Lipinski definition) is 0. The van der Waals surface area contributed by atoms with Gasteiger partial charge >= 0.3 is 0 Å². The molecule has 1 fully saturated rings. The summed E-state index contributed by atoms with van der Waals surface area (Å²) in [5, 5.41) is 0.511. The number of halogens is 1. The van der Waals surface area contributed by atoms with Gasteiger partial charge in [0.1, 0.15) is 11.5 Å². The first-order valence-electron chi connectivity index (χ1n) is 5.90. The zero-order valence-electron chi connectivity index (χ0n) is 9.44. The van der Waals surface area contributed by atoms with E-state index in [-0.39, 0.29) is 0 Å². The summed E-state index contributed by atoms with van der Waals surface area (Å²) in [6.45, 7) is 0. The van der Waals surface area contributed by atoms with Gasteiger partial charge in [-0.05, 0) is 29.9 Å². The molecule has 17 heavy (non-hydrogen) atoms. The molecule has 0 amide bonds. The van der Waals surface area contributed by atoms with Crippen LogP contribution in [0.1, 0.15) is 30.7 Å². The molecule has 1 aromatic heterocycles. The van der Waals surface area contributed by atoms with Gasteiger partial charge in [-0.2, -0.15) is 0 Å². The molecule has 0 saturated heterocycles. The maximum absolute atomic E-state index is 6.05. The lowest BCUT2D eigenvalue weighted by molar-refractivity contribution is 0.420. The van der Waals surface area contributed by atoms with E-state index < -0.39 is 0 Å². The molecule has 0 radical (unpaired) electrons. The lowest BCUT2D eigenvalue weighted by Crippen LogP contribution is -2.08. The Kier molecular flexibility index (Phi) is 2.81. The van der Waals surface area contributed by atoms with Crippen LogP contribution in [0.5, 0.6) is 0 Å². The highest BCUT2D eigenvalue weighted by Crippen LogP contribution is 2.37. The van der Waals surface area contributed by atoms with Crippen LogP contribution in [0.25, 0.3) is 11.1 Å². The van der Waals surface area contributed by atoms with Crippen molar-refractivity contribution in [1.29, 1.82) is 0 Å². The van der Waals surface area contributed by atoms with Crippen molar-refractivity contribution in [3.63, 3.8) is 0 Å². The van der Waals surface area contributed by atoms with E-state index >= 15 is 0 Å². The summed E-state index contributed by atoms with van der Waals surface area (Å²) >= 11 is 6.05. The van der Waals surface area contributed by atoms with Crippen LogP contribution in [0, 0.1) is 0 Å². The molecule has 1 aliphatic carbocycles. The Bertz CT molecular complexity index is 518. The predicted molar refractivity (Wildman–Crippen MR) is 69.1 cm³/mol. The monoisotopic (exact) mass is 244 g/mol. The minimum atomic E-state index is 0.511. The molecule has 1 heterocycles. The molecule has 0 atom stereocenters. The fourth-order valence-electron chi connectivity index (χ4n) is 2.18. The molecule has 0 aliphatic heterocycles. The zero-order chi connectivity index (χ0) is 11.7. The molecular formula is C14H13ClN2. The first-order valence-corrected chi connectivity index (χ1v) is 6.28. The van der Waals surface area contributed by atoms with Crippen LogP contribution >= 0.6 is 11.6 Å². The van der Waals surface area contributed by atoms with Crippen molar-refractivity contribution < 1.29 is 0 Å². The van der Waals surface area contributed by atoms with Crippen LogP contribution in [-0.2, 0) is 0 Å². The Hall–Kier alpha value is -1.41. The molecule has 3 heteroatoms. The zero-order valence-corrected chi connectivity index (χ0v) is 10.2. The molecule has 1 aromatic carbocycles. The maximum Gasteiger partial charge on any atom is 0.140 e. The van der Waals surface area contributed by atoms with Gasteiger partial charge in [0.05, 0.1) is 0 Å². The third kappa shape index (κ3) is 2.05. The second-order valence-electron chi connectivity index (χ2n) is 4.48. The van der Waals surface area contributed by atoms with Crippen LogP contribution in [0.15, 0.2) is 36.8 Å². The van der Waals surface area contributed by atoms with Crippen LogP contribution in [0.4, 0.5) is 0 Å². The smallest absolute Gasteiger partial charge is 0.140 e. The topological polar surface area (TPSA) is 25.8 Å². The van der Waals surface area contributed by atoms with E-state index in [9.17, 15) is 0 Å². The second kappa shape index (κ2) is 4.46. The van der Waals surface area contributed by atoms with Crippen molar-refractivity contribution in [1.82, 2.24) is 9.97 Å². The highest BCUT2D eigenvalue weighted by Gasteiger charge is 2.19. The van der Waals surface area contributed by atoms with Gasteiger partial charge in [-0.3, -0.25) is 0 Å². The van der Waals surface area contributed by atoms with Gasteiger partial charge in [0.2, 0.25) is 0 Å². The minimum Gasteiger partial charge on any atom is -0.244 e. The summed E-state index contributed by atoms with van der Waals surface area (Å²) in [4.78, 5) is 8.01. The summed E-state index contributed by atoms with van der Waals surface area (Å²) in [6, 6.07) is 8.61. The van der Waals surface area contributed by atoms with Crippen LogP contribution in [-0.4, -0.2) is 9.97 Å². The first kappa shape index (κ1) is 10.7. The SMILES string of the molecule is Clc1ncncc1-c1ccc(C2CCC2)cc1. The van der Waals surface area contributed by atoms with Crippen molar-refractivity contribution in [3.05, 3.63) is 47.5 Å². The highest BCUT2D eigenvalue weighted by molar-refractivity contribution is 6.32. The lowest BCUT2D eigenvalue weighted by Gasteiger charge is -2.25. The fourth-order valence-corrected chi connectivity index (χ4v) is 2.39. The molecule has 0 bridgehead atoms. The number of hydrogen-bond acceptors (Lipinski definition) is 2. The quantitative estimate of drug-likeness (QED) is 0.745. The number of nitrogens with zero attached hydrogens (tertiary/aromatic N) is 2. The van der Waals surface area contributed by atoms with Crippen molar-refractivity contribution >= 4 is 11.6 Å². The predicted octanol–water partition coefficient (Wildman–Crippen LogP) is 4.06. The van der Waals surface area contributed by atoms with E-state index in [1.807, 2.05) is 0 Å². The van der Waals surface area contributed by atoms with Crippen LogP contribution < -0.4 is 0 Å². The van der Waals surface area contributed by atoms with Gasteiger partial charge in [0.15, 0.2) is 0 Å². The highest BCUT2D eigenvalue weighted by atomic mass is 35.5. The Morgan fingerprint density at radius 1 is 1.12 bits per heavy atom. The Morgan fingerprint density at radius 3 is 2.47 bits per heavy atom. The third-order valence-corrected chi connectivity index (χ3v) is 3.76. The number of benzene rings is 1. The Balaban J connectivity index is 1.91. The summed E-state index contributed by atoms with van der Waals surface area (Å²) in [5.74, 6) is 0.770. The second-order valence-corrected chi connectivity index (χ2v) is 4.84. The largest absolute Gasteiger partial charge is 0.244 e. The molecule has 0 spiro atoms. The molecular weight excluding hydrogens is 232 g/mol. The van der Waals surface area contributed by atoms with Crippen molar-refractivity contribution in [2.75, 3.05) is 0 Å². The average Bonchev–Trinajstić information content (AvgIpc) is 2.29. The molecule has 86 valence electrons. The van der Waals surface area contributed by atoms with Crippen LogP contribution in [0.3, 0.4) is 0 Å². The third-order valence-electron chi connectivity index (χ3n) is 3.46. The van der Waals surface area contributed by atoms with Gasteiger partial charge in [-0.15, -0.1) is 0 Å². The molecule has 1 aliphatic rings. The average molecular weight is 245 g/mol. The first-order chi connectivity index (χ1) is 8.34. The van der Waals surface area contributed by atoms with Gasteiger partial charge < -0.3 is 0 Å². The van der Waals surface area contributed by atoms with Crippen molar-refractivity contribution in [2.24, 2.45) is 0 Å². The number of rotatable bonds is 2. The van der Waals surface area contributed by atoms with Crippen molar-refractivity contribution in [2.45, 2.75) is 25.2 Å². The molecule has 2 aromatic rings. The molecule has 0 N–H and O–H groups in total. The maximum atomic E-state index is 6.05. The normalized spacial score (nSPS) is 15.6. The summed E-state index contributed by atoms with van der Waals surface area (Å²) in [7, 11) is 0. The standard InChI is InChI=1S/C14H13ClN2/c15-14-13(8-16-9-17-14)12-6-4-11(5-7-12)10-2-1-3-10/h4-10H,1-3H2. The number of aromatic nitrogens is 2. The Labute approximate surface area is 106 Å². The van der Waals surface area contributed by atoms with E-state index in [1.165, 1.54) is 31.2 Å². The molecule has 3 rings (SSSR count). The van der Waals surface area contributed by atoms with Gasteiger partial charge in [0, 0.05) is 11.8 Å². The fraction of sp³-hybridized carbons (Fsp3) is 0.286.